The van der Waals surface area contributed by atoms with Crippen molar-refractivity contribution in [2.45, 2.75) is 31.5 Å². The van der Waals surface area contributed by atoms with Crippen molar-refractivity contribution in [3.05, 3.63) is 42.1 Å². The molecule has 0 amide bonds. The fourth-order valence-electron chi connectivity index (χ4n) is 3.31. The minimum absolute atomic E-state index is 0.328. The zero-order valence-electron chi connectivity index (χ0n) is 15.1. The van der Waals surface area contributed by atoms with Crippen LogP contribution in [0.1, 0.15) is 30.1 Å². The number of halogens is 3. The van der Waals surface area contributed by atoms with Crippen molar-refractivity contribution >= 4 is 5.82 Å². The zero-order chi connectivity index (χ0) is 18.7. The summed E-state index contributed by atoms with van der Waals surface area (Å²) in [5.74, 6) is 1.80. The molecule has 1 aliphatic heterocycles. The SMILES string of the molecule is CN(C)CCn1ccnc1C1CCN(c2cc(C(F)(F)F)ccn2)CC1. The molecule has 0 bridgehead atoms. The Morgan fingerprint density at radius 3 is 2.54 bits per heavy atom. The second kappa shape index (κ2) is 7.65. The van der Waals surface area contributed by atoms with E-state index in [4.69, 9.17) is 0 Å². The Labute approximate surface area is 151 Å². The summed E-state index contributed by atoms with van der Waals surface area (Å²) in [5.41, 5.74) is -0.649. The molecule has 0 radical (unpaired) electrons. The average molecular weight is 367 g/mol. The number of nitrogens with zero attached hydrogens (tertiary/aromatic N) is 5. The third kappa shape index (κ3) is 4.35. The molecule has 1 fully saturated rings. The van der Waals surface area contributed by atoms with Crippen LogP contribution in [0.2, 0.25) is 0 Å². The standard InChI is InChI=1S/C18H24F3N5/c1-24(2)11-12-26-10-7-23-17(26)14-4-8-25(9-5-14)16-13-15(3-6-22-16)18(19,20)21/h3,6-7,10,13-14H,4-5,8-9,11-12H2,1-2H3. The van der Waals surface area contributed by atoms with Gasteiger partial charge < -0.3 is 14.4 Å². The number of anilines is 1. The van der Waals surface area contributed by atoms with Gasteiger partial charge in [0.2, 0.25) is 0 Å². The third-order valence-corrected chi connectivity index (χ3v) is 4.79. The van der Waals surface area contributed by atoms with Crippen LogP contribution in [0, 0.1) is 0 Å². The lowest BCUT2D eigenvalue weighted by molar-refractivity contribution is -0.137. The fourth-order valence-corrected chi connectivity index (χ4v) is 3.31. The molecule has 1 aliphatic rings. The maximum Gasteiger partial charge on any atom is 0.416 e. The molecule has 2 aromatic heterocycles. The number of alkyl halides is 3. The topological polar surface area (TPSA) is 37.2 Å². The molecular weight excluding hydrogens is 343 g/mol. The van der Waals surface area contributed by atoms with E-state index in [0.29, 0.717) is 24.8 Å². The highest BCUT2D eigenvalue weighted by Crippen LogP contribution is 2.33. The van der Waals surface area contributed by atoms with E-state index in [-0.39, 0.29) is 0 Å². The van der Waals surface area contributed by atoms with Crippen molar-refractivity contribution in [2.24, 2.45) is 0 Å². The number of pyridine rings is 1. The van der Waals surface area contributed by atoms with Crippen LogP contribution in [-0.4, -0.2) is 53.2 Å². The molecule has 0 spiro atoms. The van der Waals surface area contributed by atoms with Crippen molar-refractivity contribution in [1.82, 2.24) is 19.4 Å². The molecule has 2 aromatic rings. The Kier molecular flexibility index (Phi) is 5.50. The van der Waals surface area contributed by atoms with Crippen molar-refractivity contribution in [3.8, 4) is 0 Å². The summed E-state index contributed by atoms with van der Waals surface area (Å²) in [6.45, 7) is 3.19. The summed E-state index contributed by atoms with van der Waals surface area (Å²) in [6.07, 6.45) is 2.44. The molecule has 0 aromatic carbocycles. The molecule has 1 saturated heterocycles. The largest absolute Gasteiger partial charge is 0.416 e. The maximum absolute atomic E-state index is 12.9. The third-order valence-electron chi connectivity index (χ3n) is 4.79. The Bertz CT molecular complexity index is 718. The summed E-state index contributed by atoms with van der Waals surface area (Å²) in [6, 6.07) is 2.15. The average Bonchev–Trinajstić information content (AvgIpc) is 3.08. The van der Waals surface area contributed by atoms with Gasteiger partial charge in [0.25, 0.3) is 0 Å². The predicted octanol–water partition coefficient (Wildman–Crippen LogP) is 3.24. The molecular formula is C18H24F3N5. The number of hydrogen-bond acceptors (Lipinski definition) is 4. The van der Waals surface area contributed by atoms with Crippen LogP contribution in [0.25, 0.3) is 0 Å². The first-order valence-electron chi connectivity index (χ1n) is 8.78. The maximum atomic E-state index is 12.9. The molecule has 3 heterocycles. The van der Waals surface area contributed by atoms with Gasteiger partial charge in [-0.15, -0.1) is 0 Å². The number of piperidine rings is 1. The molecule has 0 N–H and O–H groups in total. The Morgan fingerprint density at radius 1 is 1.15 bits per heavy atom. The van der Waals surface area contributed by atoms with E-state index >= 15 is 0 Å². The van der Waals surface area contributed by atoms with E-state index in [0.717, 1.165) is 43.9 Å². The lowest BCUT2D eigenvalue weighted by Crippen LogP contribution is -2.34. The van der Waals surface area contributed by atoms with E-state index in [2.05, 4.69) is 19.4 Å². The van der Waals surface area contributed by atoms with Crippen LogP contribution in [0.4, 0.5) is 19.0 Å². The molecule has 0 aliphatic carbocycles. The molecule has 8 heteroatoms. The highest BCUT2D eigenvalue weighted by molar-refractivity contribution is 5.42. The first kappa shape index (κ1) is 18.7. The van der Waals surface area contributed by atoms with Crippen molar-refractivity contribution in [3.63, 3.8) is 0 Å². The van der Waals surface area contributed by atoms with E-state index in [1.54, 1.807) is 0 Å². The molecule has 26 heavy (non-hydrogen) atoms. The first-order valence-corrected chi connectivity index (χ1v) is 8.78. The van der Waals surface area contributed by atoms with E-state index in [1.807, 2.05) is 31.4 Å². The quantitative estimate of drug-likeness (QED) is 0.813. The van der Waals surface area contributed by atoms with Gasteiger partial charge in [-0.05, 0) is 39.1 Å². The highest BCUT2D eigenvalue weighted by atomic mass is 19.4. The molecule has 0 unspecified atom stereocenters. The lowest BCUT2D eigenvalue weighted by Gasteiger charge is -2.33. The minimum atomic E-state index is -4.34. The number of aromatic nitrogens is 3. The second-order valence-corrected chi connectivity index (χ2v) is 6.94. The van der Waals surface area contributed by atoms with Gasteiger partial charge in [0.1, 0.15) is 11.6 Å². The fraction of sp³-hybridized carbons (Fsp3) is 0.556. The van der Waals surface area contributed by atoms with Gasteiger partial charge in [0.15, 0.2) is 0 Å². The van der Waals surface area contributed by atoms with E-state index in [1.165, 1.54) is 6.20 Å². The van der Waals surface area contributed by atoms with Crippen LogP contribution in [-0.2, 0) is 12.7 Å². The van der Waals surface area contributed by atoms with Gasteiger partial charge in [-0.2, -0.15) is 13.2 Å². The number of imidazole rings is 1. The highest BCUT2D eigenvalue weighted by Gasteiger charge is 2.32. The van der Waals surface area contributed by atoms with Gasteiger partial charge in [-0.3, -0.25) is 0 Å². The van der Waals surface area contributed by atoms with Crippen molar-refractivity contribution in [2.75, 3.05) is 38.6 Å². The summed E-state index contributed by atoms with van der Waals surface area (Å²) < 4.78 is 40.9. The van der Waals surface area contributed by atoms with Crippen LogP contribution in [0.15, 0.2) is 30.7 Å². The molecule has 142 valence electrons. The molecule has 3 rings (SSSR count). The second-order valence-electron chi connectivity index (χ2n) is 6.94. The van der Waals surface area contributed by atoms with Gasteiger partial charge in [-0.1, -0.05) is 0 Å². The van der Waals surface area contributed by atoms with Crippen molar-refractivity contribution < 1.29 is 13.2 Å². The summed E-state index contributed by atoms with van der Waals surface area (Å²) in [7, 11) is 4.08. The smallest absolute Gasteiger partial charge is 0.357 e. The molecule has 5 nitrogen and oxygen atoms in total. The summed E-state index contributed by atoms with van der Waals surface area (Å²) >= 11 is 0. The normalized spacial score (nSPS) is 16.5. The van der Waals surface area contributed by atoms with E-state index in [9.17, 15) is 13.2 Å². The zero-order valence-corrected chi connectivity index (χ0v) is 15.1. The molecule has 0 atom stereocenters. The van der Waals surface area contributed by atoms with Crippen LogP contribution < -0.4 is 4.90 Å². The van der Waals surface area contributed by atoms with Gasteiger partial charge in [-0.25, -0.2) is 9.97 Å². The van der Waals surface area contributed by atoms with Crippen molar-refractivity contribution in [1.29, 1.82) is 0 Å². The van der Waals surface area contributed by atoms with Gasteiger partial charge in [0, 0.05) is 50.7 Å². The monoisotopic (exact) mass is 367 g/mol. The molecule has 0 saturated carbocycles. The van der Waals surface area contributed by atoms with Crippen LogP contribution in [0.3, 0.4) is 0 Å². The van der Waals surface area contributed by atoms with E-state index < -0.39 is 11.7 Å². The number of hydrogen-bond donors (Lipinski definition) is 0. The lowest BCUT2D eigenvalue weighted by atomic mass is 9.95. The number of rotatable bonds is 5. The van der Waals surface area contributed by atoms with Crippen LogP contribution in [0.5, 0.6) is 0 Å². The van der Waals surface area contributed by atoms with Gasteiger partial charge in [0.05, 0.1) is 5.56 Å². The predicted molar refractivity (Wildman–Crippen MR) is 94.2 cm³/mol. The summed E-state index contributed by atoms with van der Waals surface area (Å²) in [5, 5.41) is 0. The Hall–Kier alpha value is -2.09. The van der Waals surface area contributed by atoms with Crippen LogP contribution >= 0.6 is 0 Å². The Morgan fingerprint density at radius 2 is 1.88 bits per heavy atom. The summed E-state index contributed by atoms with van der Waals surface area (Å²) in [4.78, 5) is 12.7. The number of likely N-dealkylation sites (N-methyl/N-ethyl adjacent to an activating group) is 1. The van der Waals surface area contributed by atoms with Gasteiger partial charge >= 0.3 is 6.18 Å². The Balaban J connectivity index is 1.64. The first-order chi connectivity index (χ1) is 12.3. The minimum Gasteiger partial charge on any atom is -0.357 e.